The molecule has 0 unspecified atom stereocenters. The van der Waals surface area contributed by atoms with E-state index in [1.165, 1.54) is 0 Å². The van der Waals surface area contributed by atoms with Gasteiger partial charge in [-0.15, -0.1) is 0 Å². The number of rotatable bonds is 5. The zero-order valence-corrected chi connectivity index (χ0v) is 15.0. The Balaban J connectivity index is 1.95. The fourth-order valence-corrected chi connectivity index (χ4v) is 2.34. The summed E-state index contributed by atoms with van der Waals surface area (Å²) in [5, 5.41) is 10.7. The summed E-state index contributed by atoms with van der Waals surface area (Å²) in [6.45, 7) is 10.6. The average molecular weight is 330 g/mol. The molecule has 0 aliphatic carbocycles. The molecule has 0 spiro atoms. The lowest BCUT2D eigenvalue weighted by Crippen LogP contribution is -2.34. The zero-order chi connectivity index (χ0) is 17.7. The molecule has 0 bridgehead atoms. The Morgan fingerprint density at radius 2 is 1.88 bits per heavy atom. The molecule has 0 saturated carbocycles. The quantitative estimate of drug-likeness (QED) is 0.876. The van der Waals surface area contributed by atoms with Gasteiger partial charge in [0.1, 0.15) is 5.60 Å². The summed E-state index contributed by atoms with van der Waals surface area (Å²) in [5.74, 6) is 0. The smallest absolute Gasteiger partial charge is 0.407 e. The van der Waals surface area contributed by atoms with Gasteiger partial charge in [-0.3, -0.25) is 4.68 Å². The minimum atomic E-state index is -0.491. The van der Waals surface area contributed by atoms with E-state index in [1.807, 2.05) is 69.6 Å². The zero-order valence-electron chi connectivity index (χ0n) is 15.0. The number of amides is 1. The van der Waals surface area contributed by atoms with Crippen molar-refractivity contribution in [2.24, 2.45) is 0 Å². The fraction of sp³-hybridized carbons (Fsp3) is 0.444. The van der Waals surface area contributed by atoms with Crippen LogP contribution in [-0.4, -0.2) is 28.0 Å². The van der Waals surface area contributed by atoms with Crippen LogP contribution in [0, 0.1) is 13.8 Å². The fourth-order valence-electron chi connectivity index (χ4n) is 2.34. The first kappa shape index (κ1) is 17.8. The van der Waals surface area contributed by atoms with Crippen molar-refractivity contribution in [1.82, 2.24) is 15.1 Å². The topological polar surface area (TPSA) is 68.2 Å². The maximum atomic E-state index is 11.7. The van der Waals surface area contributed by atoms with E-state index in [4.69, 9.17) is 4.74 Å². The lowest BCUT2D eigenvalue weighted by atomic mass is 10.2. The molecule has 1 amide bonds. The predicted octanol–water partition coefficient (Wildman–Crippen LogP) is 3.77. The van der Waals surface area contributed by atoms with Gasteiger partial charge in [-0.25, -0.2) is 4.79 Å². The standard InChI is InChI=1S/C18H26N4O2/c1-13-16(20-15-9-7-6-8-10-15)14(2)22(21-13)12-11-19-17(23)24-18(3,4)5/h6-10,20H,11-12H2,1-5H3,(H,19,23). The highest BCUT2D eigenvalue weighted by Gasteiger charge is 2.16. The molecule has 6 heteroatoms. The van der Waals surface area contributed by atoms with Crippen LogP contribution in [0.5, 0.6) is 0 Å². The number of ether oxygens (including phenoxy) is 1. The highest BCUT2D eigenvalue weighted by atomic mass is 16.6. The van der Waals surface area contributed by atoms with E-state index < -0.39 is 11.7 Å². The number of hydrogen-bond donors (Lipinski definition) is 2. The van der Waals surface area contributed by atoms with Crippen LogP contribution in [0.2, 0.25) is 0 Å². The number of anilines is 2. The molecule has 130 valence electrons. The van der Waals surface area contributed by atoms with Gasteiger partial charge < -0.3 is 15.4 Å². The molecule has 0 aliphatic heterocycles. The summed E-state index contributed by atoms with van der Waals surface area (Å²) in [5.41, 5.74) is 3.49. The van der Waals surface area contributed by atoms with Crippen LogP contribution in [0.1, 0.15) is 32.2 Å². The minimum Gasteiger partial charge on any atom is -0.444 e. The van der Waals surface area contributed by atoms with E-state index >= 15 is 0 Å². The molecule has 6 nitrogen and oxygen atoms in total. The van der Waals surface area contributed by atoms with E-state index in [9.17, 15) is 4.79 Å². The van der Waals surface area contributed by atoms with Gasteiger partial charge in [0.25, 0.3) is 0 Å². The largest absolute Gasteiger partial charge is 0.444 e. The van der Waals surface area contributed by atoms with Gasteiger partial charge in [0, 0.05) is 12.2 Å². The third kappa shape index (κ3) is 5.01. The van der Waals surface area contributed by atoms with Gasteiger partial charge in [-0.2, -0.15) is 5.10 Å². The normalized spacial score (nSPS) is 11.2. The number of aryl methyl sites for hydroxylation is 1. The van der Waals surface area contributed by atoms with Crippen LogP contribution in [0.25, 0.3) is 0 Å². The summed E-state index contributed by atoms with van der Waals surface area (Å²) in [7, 11) is 0. The summed E-state index contributed by atoms with van der Waals surface area (Å²) in [4.78, 5) is 11.7. The number of carbonyl (C=O) groups excluding carboxylic acids is 1. The highest BCUT2D eigenvalue weighted by molar-refractivity contribution is 5.67. The molecular formula is C18H26N4O2. The highest BCUT2D eigenvalue weighted by Crippen LogP contribution is 2.23. The Morgan fingerprint density at radius 3 is 2.50 bits per heavy atom. The van der Waals surface area contributed by atoms with E-state index in [2.05, 4.69) is 15.7 Å². The maximum absolute atomic E-state index is 11.7. The van der Waals surface area contributed by atoms with Gasteiger partial charge in [-0.1, -0.05) is 18.2 Å². The number of hydrogen-bond acceptors (Lipinski definition) is 4. The van der Waals surface area contributed by atoms with Gasteiger partial charge in [0.05, 0.1) is 23.6 Å². The average Bonchev–Trinajstić information content (AvgIpc) is 2.74. The SMILES string of the molecule is Cc1nn(CCNC(=O)OC(C)(C)C)c(C)c1Nc1ccccc1. The molecule has 1 heterocycles. The summed E-state index contributed by atoms with van der Waals surface area (Å²) < 4.78 is 7.11. The molecule has 0 saturated heterocycles. The van der Waals surface area contributed by atoms with Gasteiger partial charge in [0.15, 0.2) is 0 Å². The van der Waals surface area contributed by atoms with Crippen molar-refractivity contribution in [3.8, 4) is 0 Å². The lowest BCUT2D eigenvalue weighted by molar-refractivity contribution is 0.0525. The van der Waals surface area contributed by atoms with Crippen molar-refractivity contribution < 1.29 is 9.53 Å². The molecule has 24 heavy (non-hydrogen) atoms. The number of carbonyl (C=O) groups is 1. The molecule has 0 atom stereocenters. The van der Waals surface area contributed by atoms with Gasteiger partial charge in [0.2, 0.25) is 0 Å². The van der Waals surface area contributed by atoms with Crippen LogP contribution in [0.15, 0.2) is 30.3 Å². The summed E-state index contributed by atoms with van der Waals surface area (Å²) in [6.07, 6.45) is -0.410. The van der Waals surface area contributed by atoms with Gasteiger partial charge >= 0.3 is 6.09 Å². The first-order valence-electron chi connectivity index (χ1n) is 8.09. The number of para-hydroxylation sites is 1. The Labute approximate surface area is 143 Å². The predicted molar refractivity (Wildman–Crippen MR) is 95.7 cm³/mol. The molecule has 2 N–H and O–H groups in total. The molecule has 1 aromatic heterocycles. The van der Waals surface area contributed by atoms with E-state index in [0.717, 1.165) is 22.8 Å². The van der Waals surface area contributed by atoms with Crippen LogP contribution in [0.3, 0.4) is 0 Å². The first-order chi connectivity index (χ1) is 11.3. The van der Waals surface area contributed by atoms with Crippen LogP contribution < -0.4 is 10.6 Å². The number of benzene rings is 1. The molecule has 2 rings (SSSR count). The number of nitrogens with one attached hydrogen (secondary N) is 2. The number of alkyl carbamates (subject to hydrolysis) is 1. The van der Waals surface area contributed by atoms with Crippen molar-refractivity contribution >= 4 is 17.5 Å². The molecule has 2 aromatic rings. The van der Waals surface area contributed by atoms with Crippen molar-refractivity contribution in [3.05, 3.63) is 41.7 Å². The van der Waals surface area contributed by atoms with Crippen molar-refractivity contribution in [3.63, 3.8) is 0 Å². The van der Waals surface area contributed by atoms with Crippen molar-refractivity contribution in [2.75, 3.05) is 11.9 Å². The molecule has 1 aromatic carbocycles. The first-order valence-corrected chi connectivity index (χ1v) is 8.09. The summed E-state index contributed by atoms with van der Waals surface area (Å²) >= 11 is 0. The maximum Gasteiger partial charge on any atom is 0.407 e. The van der Waals surface area contributed by atoms with Crippen LogP contribution in [-0.2, 0) is 11.3 Å². The van der Waals surface area contributed by atoms with Gasteiger partial charge in [-0.05, 0) is 46.8 Å². The minimum absolute atomic E-state index is 0.410. The number of nitrogens with zero attached hydrogens (tertiary/aromatic N) is 2. The van der Waals surface area contributed by atoms with E-state index in [0.29, 0.717) is 13.1 Å². The Hall–Kier alpha value is -2.50. The third-order valence-corrected chi connectivity index (χ3v) is 3.42. The lowest BCUT2D eigenvalue weighted by Gasteiger charge is -2.19. The summed E-state index contributed by atoms with van der Waals surface area (Å²) in [6, 6.07) is 9.99. The molecule has 0 radical (unpaired) electrons. The Bertz CT molecular complexity index is 687. The Kier molecular flexibility index (Phi) is 5.49. The third-order valence-electron chi connectivity index (χ3n) is 3.42. The Morgan fingerprint density at radius 1 is 1.21 bits per heavy atom. The van der Waals surface area contributed by atoms with Crippen molar-refractivity contribution in [1.29, 1.82) is 0 Å². The monoisotopic (exact) mass is 330 g/mol. The van der Waals surface area contributed by atoms with Crippen LogP contribution >= 0.6 is 0 Å². The second-order valence-electron chi connectivity index (χ2n) is 6.69. The molecule has 0 fully saturated rings. The van der Waals surface area contributed by atoms with E-state index in [1.54, 1.807) is 0 Å². The van der Waals surface area contributed by atoms with Crippen LogP contribution in [0.4, 0.5) is 16.2 Å². The molecule has 0 aliphatic rings. The van der Waals surface area contributed by atoms with E-state index in [-0.39, 0.29) is 0 Å². The second-order valence-corrected chi connectivity index (χ2v) is 6.69. The molecular weight excluding hydrogens is 304 g/mol. The second kappa shape index (κ2) is 7.38. The number of aromatic nitrogens is 2. The van der Waals surface area contributed by atoms with Crippen molar-refractivity contribution in [2.45, 2.75) is 46.8 Å².